The summed E-state index contributed by atoms with van der Waals surface area (Å²) in [5.41, 5.74) is 2.22. The third-order valence-corrected chi connectivity index (χ3v) is 4.60. The van der Waals surface area contributed by atoms with E-state index in [1.807, 2.05) is 18.1 Å². The van der Waals surface area contributed by atoms with Crippen LogP contribution in [-0.4, -0.2) is 60.3 Å². The van der Waals surface area contributed by atoms with Gasteiger partial charge in [0, 0.05) is 52.6 Å². The molecular weight excluding hydrogens is 363 g/mol. The predicted molar refractivity (Wildman–Crippen MR) is 104 cm³/mol. The normalized spacial score (nSPS) is 15.3. The summed E-state index contributed by atoms with van der Waals surface area (Å²) in [6, 6.07) is 4.93. The van der Waals surface area contributed by atoms with Gasteiger partial charge in [-0.05, 0) is 17.7 Å². The van der Waals surface area contributed by atoms with E-state index in [4.69, 9.17) is 4.74 Å². The topological polar surface area (TPSA) is 75.0 Å². The molecule has 2 aromatic rings. The number of aromatic nitrogens is 2. The molecular formula is C19H25FN6O2. The average Bonchev–Trinajstić information content (AvgIpc) is 3.11. The van der Waals surface area contributed by atoms with Crippen LogP contribution in [0.1, 0.15) is 11.1 Å². The number of aryl methyl sites for hydroxylation is 1. The molecule has 0 saturated carbocycles. The number of piperazine rings is 1. The van der Waals surface area contributed by atoms with Gasteiger partial charge >= 0.3 is 0 Å². The maximum absolute atomic E-state index is 13.8. The molecule has 1 aromatic heterocycles. The Hall–Kier alpha value is -2.94. The minimum absolute atomic E-state index is 0.00800. The molecule has 1 amide bonds. The number of nitrogens with zero attached hydrogens (tertiary/aromatic N) is 5. The van der Waals surface area contributed by atoms with Crippen LogP contribution in [0.3, 0.4) is 0 Å². The van der Waals surface area contributed by atoms with E-state index in [9.17, 15) is 9.18 Å². The zero-order valence-corrected chi connectivity index (χ0v) is 16.4. The molecule has 1 aromatic carbocycles. The molecule has 2 heterocycles. The first-order chi connectivity index (χ1) is 13.5. The Morgan fingerprint density at radius 3 is 2.86 bits per heavy atom. The lowest BCUT2D eigenvalue weighted by molar-refractivity contribution is -0.120. The zero-order chi connectivity index (χ0) is 20.1. The SMILES string of the molecule is CN=C(NCc1ccc(F)c(COC)c1)N1CCN(c2cnn(C)c2)C(=O)C1. The Morgan fingerprint density at radius 2 is 2.21 bits per heavy atom. The molecule has 1 aliphatic rings. The fourth-order valence-corrected chi connectivity index (χ4v) is 3.19. The van der Waals surface area contributed by atoms with E-state index < -0.39 is 0 Å². The summed E-state index contributed by atoms with van der Waals surface area (Å²) in [4.78, 5) is 20.5. The average molecular weight is 388 g/mol. The molecule has 0 aliphatic carbocycles. The second kappa shape index (κ2) is 8.83. The maximum atomic E-state index is 13.8. The van der Waals surface area contributed by atoms with Crippen LogP contribution in [-0.2, 0) is 29.7 Å². The highest BCUT2D eigenvalue weighted by atomic mass is 19.1. The smallest absolute Gasteiger partial charge is 0.246 e. The summed E-state index contributed by atoms with van der Waals surface area (Å²) in [6.45, 7) is 2.13. The van der Waals surface area contributed by atoms with Crippen molar-refractivity contribution in [3.8, 4) is 0 Å². The third kappa shape index (κ3) is 4.48. The molecule has 0 atom stereocenters. The number of ether oxygens (including phenoxy) is 1. The summed E-state index contributed by atoms with van der Waals surface area (Å²) in [6.07, 6.45) is 3.51. The largest absolute Gasteiger partial charge is 0.380 e. The van der Waals surface area contributed by atoms with Crippen LogP contribution in [0.25, 0.3) is 0 Å². The number of nitrogens with one attached hydrogen (secondary N) is 1. The van der Waals surface area contributed by atoms with E-state index in [1.54, 1.807) is 35.0 Å². The lowest BCUT2D eigenvalue weighted by Crippen LogP contribution is -2.55. The van der Waals surface area contributed by atoms with E-state index >= 15 is 0 Å². The summed E-state index contributed by atoms with van der Waals surface area (Å²) in [7, 11) is 5.04. The fourth-order valence-electron chi connectivity index (χ4n) is 3.19. The summed E-state index contributed by atoms with van der Waals surface area (Å²) in [5.74, 6) is 0.343. The Balaban J connectivity index is 1.60. The molecule has 150 valence electrons. The van der Waals surface area contributed by atoms with E-state index in [-0.39, 0.29) is 24.9 Å². The maximum Gasteiger partial charge on any atom is 0.246 e. The van der Waals surface area contributed by atoms with Crippen LogP contribution < -0.4 is 10.2 Å². The molecule has 1 aliphatic heterocycles. The summed E-state index contributed by atoms with van der Waals surface area (Å²) in [5, 5.41) is 7.37. The van der Waals surface area contributed by atoms with E-state index in [0.29, 0.717) is 31.2 Å². The Labute approximate surface area is 163 Å². The van der Waals surface area contributed by atoms with Gasteiger partial charge in [-0.25, -0.2) is 4.39 Å². The van der Waals surface area contributed by atoms with Gasteiger partial charge in [0.15, 0.2) is 5.96 Å². The van der Waals surface area contributed by atoms with Crippen molar-refractivity contribution in [1.82, 2.24) is 20.0 Å². The van der Waals surface area contributed by atoms with Gasteiger partial charge in [0.1, 0.15) is 12.4 Å². The number of hydrogen-bond donors (Lipinski definition) is 1. The van der Waals surface area contributed by atoms with Gasteiger partial charge in [-0.3, -0.25) is 14.5 Å². The standard InChI is InChI=1S/C19H25FN6O2/c1-21-19(22-9-14-4-5-17(20)15(8-14)13-28-3)25-6-7-26(18(27)12-25)16-10-23-24(2)11-16/h4-5,8,10-11H,6-7,9,12-13H2,1-3H3,(H,21,22). The van der Waals surface area contributed by atoms with Crippen molar-refractivity contribution in [2.45, 2.75) is 13.2 Å². The fraction of sp³-hybridized carbons (Fsp3) is 0.421. The van der Waals surface area contributed by atoms with Crippen LogP contribution in [0.4, 0.5) is 10.1 Å². The number of carbonyl (C=O) groups excluding carboxylic acids is 1. The Bertz CT molecular complexity index is 866. The molecule has 3 rings (SSSR count). The number of halogens is 1. The van der Waals surface area contributed by atoms with Crippen molar-refractivity contribution in [1.29, 1.82) is 0 Å². The van der Waals surface area contributed by atoms with Crippen LogP contribution >= 0.6 is 0 Å². The van der Waals surface area contributed by atoms with Gasteiger partial charge in [0.2, 0.25) is 5.91 Å². The van der Waals surface area contributed by atoms with Crippen molar-refractivity contribution < 1.29 is 13.9 Å². The number of anilines is 1. The number of methoxy groups -OCH3 is 1. The van der Waals surface area contributed by atoms with Gasteiger partial charge in [0.25, 0.3) is 0 Å². The number of benzene rings is 1. The highest BCUT2D eigenvalue weighted by Gasteiger charge is 2.27. The highest BCUT2D eigenvalue weighted by molar-refractivity contribution is 5.98. The number of carbonyl (C=O) groups is 1. The lowest BCUT2D eigenvalue weighted by Gasteiger charge is -2.35. The number of amides is 1. The van der Waals surface area contributed by atoms with Gasteiger partial charge in [0.05, 0.1) is 18.5 Å². The first-order valence-electron chi connectivity index (χ1n) is 9.02. The highest BCUT2D eigenvalue weighted by Crippen LogP contribution is 2.16. The molecule has 1 N–H and O–H groups in total. The molecule has 0 unspecified atom stereocenters. The van der Waals surface area contributed by atoms with Crippen molar-refractivity contribution in [3.05, 3.63) is 47.5 Å². The minimum atomic E-state index is -0.285. The molecule has 28 heavy (non-hydrogen) atoms. The summed E-state index contributed by atoms with van der Waals surface area (Å²) >= 11 is 0. The minimum Gasteiger partial charge on any atom is -0.380 e. The monoisotopic (exact) mass is 388 g/mol. The van der Waals surface area contributed by atoms with Gasteiger partial charge in [-0.15, -0.1) is 0 Å². The molecule has 0 radical (unpaired) electrons. The van der Waals surface area contributed by atoms with Crippen LogP contribution in [0, 0.1) is 5.82 Å². The number of guanidine groups is 1. The second-order valence-electron chi connectivity index (χ2n) is 6.60. The van der Waals surface area contributed by atoms with E-state index in [0.717, 1.165) is 11.3 Å². The molecule has 1 saturated heterocycles. The van der Waals surface area contributed by atoms with Crippen molar-refractivity contribution in [2.75, 3.05) is 38.7 Å². The molecule has 0 spiro atoms. The van der Waals surface area contributed by atoms with Crippen molar-refractivity contribution in [3.63, 3.8) is 0 Å². The van der Waals surface area contributed by atoms with Gasteiger partial charge in [-0.2, -0.15) is 5.10 Å². The molecule has 1 fully saturated rings. The van der Waals surface area contributed by atoms with E-state index in [1.165, 1.54) is 13.2 Å². The number of rotatable bonds is 5. The zero-order valence-electron chi connectivity index (χ0n) is 16.4. The van der Waals surface area contributed by atoms with Gasteiger partial charge in [-0.1, -0.05) is 6.07 Å². The van der Waals surface area contributed by atoms with E-state index in [2.05, 4.69) is 15.4 Å². The van der Waals surface area contributed by atoms with Crippen molar-refractivity contribution in [2.24, 2.45) is 12.0 Å². The quantitative estimate of drug-likeness (QED) is 0.614. The second-order valence-corrected chi connectivity index (χ2v) is 6.60. The summed E-state index contributed by atoms with van der Waals surface area (Å²) < 4.78 is 20.5. The Morgan fingerprint density at radius 1 is 1.39 bits per heavy atom. The van der Waals surface area contributed by atoms with Crippen LogP contribution in [0.15, 0.2) is 35.6 Å². The Kier molecular flexibility index (Phi) is 6.25. The van der Waals surface area contributed by atoms with Gasteiger partial charge < -0.3 is 19.9 Å². The molecule has 9 heteroatoms. The van der Waals surface area contributed by atoms with Crippen molar-refractivity contribution >= 4 is 17.6 Å². The first-order valence-corrected chi connectivity index (χ1v) is 9.02. The predicted octanol–water partition coefficient (Wildman–Crippen LogP) is 1.13. The number of hydrogen-bond acceptors (Lipinski definition) is 4. The first kappa shape index (κ1) is 19.8. The van der Waals surface area contributed by atoms with Crippen LogP contribution in [0.2, 0.25) is 0 Å². The molecule has 8 nitrogen and oxygen atoms in total. The molecule has 0 bridgehead atoms. The van der Waals surface area contributed by atoms with Crippen LogP contribution in [0.5, 0.6) is 0 Å². The number of aliphatic imine (C=N–C) groups is 1. The lowest BCUT2D eigenvalue weighted by atomic mass is 10.1. The third-order valence-electron chi connectivity index (χ3n) is 4.60.